The number of benzene rings is 2. The van der Waals surface area contributed by atoms with Crippen molar-refractivity contribution in [2.75, 3.05) is 43.4 Å². The van der Waals surface area contributed by atoms with Crippen molar-refractivity contribution in [2.24, 2.45) is 0 Å². The zero-order valence-electron chi connectivity index (χ0n) is 19.6. The van der Waals surface area contributed by atoms with Crippen molar-refractivity contribution in [2.45, 2.75) is 26.4 Å². The minimum Gasteiger partial charge on any atom is -0.369 e. The molecular weight excluding hydrogens is 410 g/mol. The molecule has 0 aliphatic carbocycles. The third-order valence-corrected chi connectivity index (χ3v) is 6.27. The van der Waals surface area contributed by atoms with Crippen molar-refractivity contribution in [3.63, 3.8) is 0 Å². The molecular formula is C26H31N7. The Morgan fingerprint density at radius 1 is 0.909 bits per heavy atom. The Morgan fingerprint density at radius 2 is 1.64 bits per heavy atom. The van der Waals surface area contributed by atoms with Gasteiger partial charge in [0.05, 0.1) is 6.33 Å². The molecule has 4 aromatic rings. The fourth-order valence-corrected chi connectivity index (χ4v) is 4.21. The largest absolute Gasteiger partial charge is 0.369 e. The first-order chi connectivity index (χ1) is 16.1. The number of nitrogens with zero attached hydrogens (tertiary/aromatic N) is 6. The summed E-state index contributed by atoms with van der Waals surface area (Å²) in [5.41, 5.74) is 5.12. The lowest BCUT2D eigenvalue weighted by Gasteiger charge is -2.34. The summed E-state index contributed by atoms with van der Waals surface area (Å²) in [6.45, 7) is 9.27. The van der Waals surface area contributed by atoms with Crippen LogP contribution in [0.1, 0.15) is 25.5 Å². The average Bonchev–Trinajstić information content (AvgIpc) is 3.28. The molecule has 0 unspecified atom stereocenters. The van der Waals surface area contributed by atoms with E-state index >= 15 is 0 Å². The van der Waals surface area contributed by atoms with Crippen LogP contribution in [0.4, 0.5) is 11.5 Å². The van der Waals surface area contributed by atoms with Gasteiger partial charge < -0.3 is 19.7 Å². The van der Waals surface area contributed by atoms with Crippen molar-refractivity contribution in [3.05, 3.63) is 66.5 Å². The van der Waals surface area contributed by atoms with Crippen LogP contribution in [-0.2, 0) is 6.54 Å². The maximum Gasteiger partial charge on any atom is 0.166 e. The first kappa shape index (κ1) is 21.4. The lowest BCUT2D eigenvalue weighted by atomic mass is 10.1. The Hall–Kier alpha value is -3.45. The molecule has 7 nitrogen and oxygen atoms in total. The van der Waals surface area contributed by atoms with E-state index in [1.807, 2.05) is 24.5 Å². The van der Waals surface area contributed by atoms with Crippen LogP contribution >= 0.6 is 0 Å². The number of rotatable bonds is 6. The molecule has 2 aromatic carbocycles. The Kier molecular flexibility index (Phi) is 5.96. The summed E-state index contributed by atoms with van der Waals surface area (Å²) in [6.07, 6.45) is 1.86. The first-order valence-electron chi connectivity index (χ1n) is 11.6. The number of hydrogen-bond acceptors (Lipinski definition) is 6. The number of fused-ring (bicyclic) bond motifs is 1. The van der Waals surface area contributed by atoms with Crippen LogP contribution in [0.15, 0.2) is 60.9 Å². The van der Waals surface area contributed by atoms with E-state index in [1.54, 1.807) is 0 Å². The molecule has 0 spiro atoms. The molecule has 1 fully saturated rings. The highest BCUT2D eigenvalue weighted by molar-refractivity contribution is 5.85. The second kappa shape index (κ2) is 9.19. The molecule has 33 heavy (non-hydrogen) atoms. The van der Waals surface area contributed by atoms with Gasteiger partial charge in [0, 0.05) is 50.0 Å². The zero-order chi connectivity index (χ0) is 22.8. The Labute approximate surface area is 195 Å². The van der Waals surface area contributed by atoms with E-state index in [4.69, 9.17) is 9.97 Å². The highest BCUT2D eigenvalue weighted by atomic mass is 15.2. The van der Waals surface area contributed by atoms with Crippen LogP contribution in [0.5, 0.6) is 0 Å². The van der Waals surface area contributed by atoms with E-state index in [0.717, 1.165) is 48.7 Å². The molecule has 3 heterocycles. The molecule has 1 aliphatic rings. The highest BCUT2D eigenvalue weighted by Crippen LogP contribution is 2.28. The zero-order valence-corrected chi connectivity index (χ0v) is 19.6. The SMILES string of the molecule is CC(C)n1cnc2c(NCc3ccccc3)nc(-c3ccc(N4CCN(C)CC4)cc3)nc21. The van der Waals surface area contributed by atoms with Crippen molar-refractivity contribution in [1.82, 2.24) is 24.4 Å². The summed E-state index contributed by atoms with van der Waals surface area (Å²) in [5, 5.41) is 3.49. The number of imidazole rings is 1. The standard InChI is InChI=1S/C26H31N7/c1-19(2)33-18-28-23-25(27-17-20-7-5-4-6-8-20)29-24(30-26(23)33)21-9-11-22(12-10-21)32-15-13-31(3)14-16-32/h4-12,18-19H,13-17H2,1-3H3,(H,27,29,30). The molecule has 2 aromatic heterocycles. The number of hydrogen-bond donors (Lipinski definition) is 1. The predicted molar refractivity (Wildman–Crippen MR) is 135 cm³/mol. The smallest absolute Gasteiger partial charge is 0.166 e. The molecule has 0 bridgehead atoms. The fourth-order valence-electron chi connectivity index (χ4n) is 4.21. The van der Waals surface area contributed by atoms with Crippen LogP contribution < -0.4 is 10.2 Å². The maximum atomic E-state index is 4.92. The molecule has 170 valence electrons. The van der Waals surface area contributed by atoms with Crippen LogP contribution in [0.3, 0.4) is 0 Å². The molecule has 0 amide bonds. The van der Waals surface area contributed by atoms with E-state index in [-0.39, 0.29) is 6.04 Å². The lowest BCUT2D eigenvalue weighted by molar-refractivity contribution is 0.313. The molecule has 7 heteroatoms. The molecule has 1 N–H and O–H groups in total. The van der Waals surface area contributed by atoms with Crippen LogP contribution in [-0.4, -0.2) is 57.6 Å². The number of aromatic nitrogens is 4. The van der Waals surface area contributed by atoms with Gasteiger partial charge in [-0.15, -0.1) is 0 Å². The van der Waals surface area contributed by atoms with Gasteiger partial charge >= 0.3 is 0 Å². The summed E-state index contributed by atoms with van der Waals surface area (Å²) in [4.78, 5) is 19.3. The van der Waals surface area contributed by atoms with Crippen molar-refractivity contribution < 1.29 is 0 Å². The predicted octanol–water partition coefficient (Wildman–Crippen LogP) is 4.44. The normalized spacial score (nSPS) is 14.8. The topological polar surface area (TPSA) is 62.1 Å². The molecule has 0 atom stereocenters. The molecule has 0 saturated carbocycles. The maximum absolute atomic E-state index is 4.92. The molecule has 0 radical (unpaired) electrons. The minimum absolute atomic E-state index is 0.263. The second-order valence-corrected chi connectivity index (χ2v) is 8.99. The van der Waals surface area contributed by atoms with Crippen LogP contribution in [0.2, 0.25) is 0 Å². The van der Waals surface area contributed by atoms with Gasteiger partial charge in [-0.1, -0.05) is 30.3 Å². The molecule has 1 saturated heterocycles. The van der Waals surface area contributed by atoms with E-state index in [1.165, 1.54) is 11.3 Å². The Morgan fingerprint density at radius 3 is 2.33 bits per heavy atom. The van der Waals surface area contributed by atoms with Gasteiger partial charge in [-0.25, -0.2) is 15.0 Å². The summed E-state index contributed by atoms with van der Waals surface area (Å²) < 4.78 is 2.10. The number of nitrogens with one attached hydrogen (secondary N) is 1. The lowest BCUT2D eigenvalue weighted by Crippen LogP contribution is -2.44. The number of likely N-dealkylation sites (N-methyl/N-ethyl adjacent to an activating group) is 1. The van der Waals surface area contributed by atoms with Crippen LogP contribution in [0.25, 0.3) is 22.6 Å². The number of piperazine rings is 1. The van der Waals surface area contributed by atoms with Crippen LogP contribution in [0, 0.1) is 0 Å². The second-order valence-electron chi connectivity index (χ2n) is 8.99. The summed E-state index contributed by atoms with van der Waals surface area (Å²) in [7, 11) is 2.18. The van der Waals surface area contributed by atoms with Gasteiger partial charge in [0.25, 0.3) is 0 Å². The van der Waals surface area contributed by atoms with Crippen molar-refractivity contribution in [3.8, 4) is 11.4 Å². The highest BCUT2D eigenvalue weighted by Gasteiger charge is 2.17. The quantitative estimate of drug-likeness (QED) is 0.477. The van der Waals surface area contributed by atoms with Gasteiger partial charge in [-0.05, 0) is 50.7 Å². The minimum atomic E-state index is 0.263. The first-order valence-corrected chi connectivity index (χ1v) is 11.6. The summed E-state index contributed by atoms with van der Waals surface area (Å²) in [6, 6.07) is 19.2. The van der Waals surface area contributed by atoms with E-state index in [9.17, 15) is 0 Å². The van der Waals surface area contributed by atoms with Crippen molar-refractivity contribution >= 4 is 22.7 Å². The van der Waals surface area contributed by atoms with Crippen molar-refractivity contribution in [1.29, 1.82) is 0 Å². The van der Waals surface area contributed by atoms with Gasteiger partial charge in [0.15, 0.2) is 17.3 Å². The Balaban J connectivity index is 1.47. The van der Waals surface area contributed by atoms with Gasteiger partial charge in [-0.2, -0.15) is 0 Å². The van der Waals surface area contributed by atoms with Gasteiger partial charge in [0.2, 0.25) is 0 Å². The third kappa shape index (κ3) is 4.54. The summed E-state index contributed by atoms with van der Waals surface area (Å²) in [5.74, 6) is 1.48. The Bertz CT molecular complexity index is 1210. The van der Waals surface area contributed by atoms with E-state index < -0.39 is 0 Å². The molecule has 5 rings (SSSR count). The monoisotopic (exact) mass is 441 g/mol. The third-order valence-electron chi connectivity index (χ3n) is 6.27. The van der Waals surface area contributed by atoms with Gasteiger partial charge in [-0.3, -0.25) is 0 Å². The molecule has 1 aliphatic heterocycles. The van der Waals surface area contributed by atoms with E-state index in [0.29, 0.717) is 12.4 Å². The van der Waals surface area contributed by atoms with E-state index in [2.05, 4.69) is 82.0 Å². The fraction of sp³-hybridized carbons (Fsp3) is 0.346. The number of anilines is 2. The van der Waals surface area contributed by atoms with Gasteiger partial charge in [0.1, 0.15) is 5.52 Å². The average molecular weight is 442 g/mol. The summed E-state index contributed by atoms with van der Waals surface area (Å²) >= 11 is 0.